The number of methoxy groups -OCH3 is 1. The van der Waals surface area contributed by atoms with E-state index in [2.05, 4.69) is 9.62 Å². The Hall–Kier alpha value is -2.44. The quantitative estimate of drug-likeness (QED) is 0.476. The molecule has 0 spiro atoms. The van der Waals surface area contributed by atoms with Gasteiger partial charge in [0.15, 0.2) is 0 Å². The molecule has 0 aromatic heterocycles. The summed E-state index contributed by atoms with van der Waals surface area (Å²) in [6, 6.07) is 8.90. The number of nitrogens with one attached hydrogen (secondary N) is 1. The van der Waals surface area contributed by atoms with E-state index in [4.69, 9.17) is 21.1 Å². The van der Waals surface area contributed by atoms with Crippen molar-refractivity contribution in [3.8, 4) is 5.75 Å². The Labute approximate surface area is 222 Å². The number of sulfonamides is 1. The van der Waals surface area contributed by atoms with Gasteiger partial charge in [-0.25, -0.2) is 17.5 Å². The smallest absolute Gasteiger partial charge is 0.258 e. The van der Waals surface area contributed by atoms with E-state index in [1.165, 1.54) is 31.4 Å². The molecule has 2 heterocycles. The number of rotatable bonds is 9. The summed E-state index contributed by atoms with van der Waals surface area (Å²) in [5, 5.41) is 0.0736. The third-order valence-corrected chi connectivity index (χ3v) is 8.37. The van der Waals surface area contributed by atoms with Crippen molar-refractivity contribution in [3.63, 3.8) is 0 Å². The summed E-state index contributed by atoms with van der Waals surface area (Å²) in [7, 11) is -2.19. The number of benzene rings is 2. The standard InChI is InChI=1S/C25H32ClFN4O5S/c1-35-23-7-6-19(37(33,34)28-8-3-9-29-14-16-36-17-15-29)18-22(23)30-10-12-31(13-11-30)25(32)24-20(26)4-2-5-21(24)27/h2,4-7,18,28H,3,8-17H2,1H3. The lowest BCUT2D eigenvalue weighted by Gasteiger charge is -2.37. The van der Waals surface area contributed by atoms with Crippen LogP contribution in [0.3, 0.4) is 0 Å². The zero-order valence-electron chi connectivity index (χ0n) is 20.8. The van der Waals surface area contributed by atoms with Crippen molar-refractivity contribution < 1.29 is 27.1 Å². The Bertz CT molecular complexity index is 1180. The van der Waals surface area contributed by atoms with E-state index in [-0.39, 0.29) is 15.5 Å². The van der Waals surface area contributed by atoms with Gasteiger partial charge in [-0.1, -0.05) is 17.7 Å². The number of ether oxygens (including phenoxy) is 2. The fourth-order valence-corrected chi connectivity index (χ4v) is 5.85. The molecule has 37 heavy (non-hydrogen) atoms. The van der Waals surface area contributed by atoms with Gasteiger partial charge < -0.3 is 19.3 Å². The van der Waals surface area contributed by atoms with Crippen LogP contribution in [0.5, 0.6) is 5.75 Å². The summed E-state index contributed by atoms with van der Waals surface area (Å²) in [6.07, 6.45) is 0.699. The molecular weight excluding hydrogens is 523 g/mol. The molecule has 0 unspecified atom stereocenters. The minimum absolute atomic E-state index is 0.0736. The summed E-state index contributed by atoms with van der Waals surface area (Å²) in [6.45, 7) is 5.77. The number of nitrogens with zero attached hydrogens (tertiary/aromatic N) is 3. The number of amides is 1. The minimum atomic E-state index is -3.72. The first-order valence-corrected chi connectivity index (χ1v) is 14.1. The number of hydrogen-bond donors (Lipinski definition) is 1. The molecule has 12 heteroatoms. The van der Waals surface area contributed by atoms with Gasteiger partial charge in [0.2, 0.25) is 10.0 Å². The van der Waals surface area contributed by atoms with Gasteiger partial charge in [-0.3, -0.25) is 9.69 Å². The third-order valence-electron chi connectivity index (χ3n) is 6.59. The number of carbonyl (C=O) groups excluding carboxylic acids is 1. The van der Waals surface area contributed by atoms with Crippen LogP contribution >= 0.6 is 11.6 Å². The number of piperazine rings is 1. The molecule has 2 aromatic carbocycles. The molecule has 1 N–H and O–H groups in total. The van der Waals surface area contributed by atoms with Gasteiger partial charge >= 0.3 is 0 Å². The van der Waals surface area contributed by atoms with Gasteiger partial charge in [0.25, 0.3) is 5.91 Å². The van der Waals surface area contributed by atoms with Gasteiger partial charge in [0.05, 0.1) is 41.5 Å². The van der Waals surface area contributed by atoms with Crippen molar-refractivity contribution in [2.75, 3.05) is 77.6 Å². The van der Waals surface area contributed by atoms with Crippen molar-refractivity contribution in [2.24, 2.45) is 0 Å². The lowest BCUT2D eigenvalue weighted by atomic mass is 10.1. The number of hydrogen-bond acceptors (Lipinski definition) is 7. The van der Waals surface area contributed by atoms with Crippen molar-refractivity contribution in [2.45, 2.75) is 11.3 Å². The van der Waals surface area contributed by atoms with Gasteiger partial charge in [-0.05, 0) is 43.3 Å². The molecule has 0 saturated carbocycles. The first-order valence-electron chi connectivity index (χ1n) is 12.3. The van der Waals surface area contributed by atoms with Crippen LogP contribution in [0.1, 0.15) is 16.8 Å². The molecule has 9 nitrogen and oxygen atoms in total. The summed E-state index contributed by atoms with van der Waals surface area (Å²) in [4.78, 5) is 18.8. The van der Waals surface area contributed by atoms with Crippen LogP contribution in [-0.4, -0.2) is 96.8 Å². The fraction of sp³-hybridized carbons (Fsp3) is 0.480. The predicted molar refractivity (Wildman–Crippen MR) is 140 cm³/mol. The van der Waals surface area contributed by atoms with E-state index >= 15 is 0 Å². The zero-order valence-corrected chi connectivity index (χ0v) is 22.4. The summed E-state index contributed by atoms with van der Waals surface area (Å²) >= 11 is 6.07. The van der Waals surface area contributed by atoms with E-state index in [1.54, 1.807) is 17.0 Å². The second-order valence-corrected chi connectivity index (χ2v) is 11.1. The number of halogens is 2. The molecular formula is C25H32ClFN4O5S. The molecule has 2 aliphatic rings. The van der Waals surface area contributed by atoms with Gasteiger partial charge in [-0.2, -0.15) is 0 Å². The molecule has 0 bridgehead atoms. The maximum Gasteiger partial charge on any atom is 0.258 e. The van der Waals surface area contributed by atoms with E-state index in [9.17, 15) is 17.6 Å². The normalized spacial score (nSPS) is 17.2. The Kier molecular flexibility index (Phi) is 9.25. The molecule has 0 aliphatic carbocycles. The van der Waals surface area contributed by atoms with Crippen LogP contribution in [0.2, 0.25) is 5.02 Å². The van der Waals surface area contributed by atoms with Crippen LogP contribution in [0.25, 0.3) is 0 Å². The van der Waals surface area contributed by atoms with Crippen molar-refractivity contribution in [3.05, 3.63) is 52.8 Å². The minimum Gasteiger partial charge on any atom is -0.495 e. The van der Waals surface area contributed by atoms with Crippen molar-refractivity contribution in [1.82, 2.24) is 14.5 Å². The highest BCUT2D eigenvalue weighted by atomic mass is 35.5. The van der Waals surface area contributed by atoms with Crippen molar-refractivity contribution >= 4 is 33.2 Å². The van der Waals surface area contributed by atoms with E-state index < -0.39 is 21.7 Å². The highest BCUT2D eigenvalue weighted by molar-refractivity contribution is 7.89. The molecule has 0 atom stereocenters. The topological polar surface area (TPSA) is 91.4 Å². The summed E-state index contributed by atoms with van der Waals surface area (Å²) in [5.74, 6) is -0.590. The van der Waals surface area contributed by atoms with Crippen LogP contribution in [0.4, 0.5) is 10.1 Å². The highest BCUT2D eigenvalue weighted by Gasteiger charge is 2.28. The van der Waals surface area contributed by atoms with Crippen LogP contribution in [0, 0.1) is 5.82 Å². The molecule has 2 fully saturated rings. The zero-order chi connectivity index (χ0) is 26.4. The number of anilines is 1. The molecule has 202 valence electrons. The van der Waals surface area contributed by atoms with Crippen LogP contribution in [-0.2, 0) is 14.8 Å². The number of carbonyl (C=O) groups is 1. The summed E-state index contributed by atoms with van der Waals surface area (Å²) < 4.78 is 53.7. The Morgan fingerprint density at radius 2 is 1.84 bits per heavy atom. The Morgan fingerprint density at radius 1 is 1.11 bits per heavy atom. The largest absolute Gasteiger partial charge is 0.495 e. The fourth-order valence-electron chi connectivity index (χ4n) is 4.51. The van der Waals surface area contributed by atoms with E-state index in [0.717, 1.165) is 19.6 Å². The monoisotopic (exact) mass is 554 g/mol. The molecule has 2 aromatic rings. The Morgan fingerprint density at radius 3 is 2.51 bits per heavy atom. The second-order valence-electron chi connectivity index (χ2n) is 8.91. The molecule has 2 aliphatic heterocycles. The SMILES string of the molecule is COc1ccc(S(=O)(=O)NCCCN2CCOCC2)cc1N1CCN(C(=O)c2c(F)cccc2Cl)CC1. The first kappa shape index (κ1) is 27.6. The Balaban J connectivity index is 1.39. The second kappa shape index (κ2) is 12.4. The average Bonchev–Trinajstić information content (AvgIpc) is 2.91. The van der Waals surface area contributed by atoms with Gasteiger partial charge in [0.1, 0.15) is 11.6 Å². The van der Waals surface area contributed by atoms with E-state index in [0.29, 0.717) is 63.8 Å². The molecule has 2 saturated heterocycles. The molecule has 1 amide bonds. The third kappa shape index (κ3) is 6.71. The highest BCUT2D eigenvalue weighted by Crippen LogP contribution is 2.32. The van der Waals surface area contributed by atoms with E-state index in [1.807, 2.05) is 4.90 Å². The maximum atomic E-state index is 14.2. The first-order chi connectivity index (χ1) is 17.8. The van der Waals surface area contributed by atoms with Gasteiger partial charge in [-0.15, -0.1) is 0 Å². The van der Waals surface area contributed by atoms with Crippen molar-refractivity contribution in [1.29, 1.82) is 0 Å². The van der Waals surface area contributed by atoms with Gasteiger partial charge in [0, 0.05) is 45.8 Å². The molecule has 4 rings (SSSR count). The predicted octanol–water partition coefficient (Wildman–Crippen LogP) is 2.45. The summed E-state index contributed by atoms with van der Waals surface area (Å²) in [5.41, 5.74) is 0.484. The average molecular weight is 555 g/mol. The van der Waals surface area contributed by atoms with Crippen LogP contribution < -0.4 is 14.4 Å². The lowest BCUT2D eigenvalue weighted by molar-refractivity contribution is 0.0376. The van der Waals surface area contributed by atoms with Crippen LogP contribution in [0.15, 0.2) is 41.3 Å². The number of morpholine rings is 1. The lowest BCUT2D eigenvalue weighted by Crippen LogP contribution is -2.49. The molecule has 0 radical (unpaired) electrons. The maximum absolute atomic E-state index is 14.2.